The monoisotopic (exact) mass is 470 g/mol. The van der Waals surface area contributed by atoms with Gasteiger partial charge in [0.25, 0.3) is 0 Å². The standard InChI is InChI=1S/C27H36F2N4O/c1-2-3-14-32-19-20-33(27(32)34)18-17-31-15-12-22(13-16-31)26(21-4-6-23(28)7-5-21)30-25-10-8-24(29)9-11-25/h4-11,22,26,30H,2-3,12-20H2,1H3. The third kappa shape index (κ3) is 6.26. The summed E-state index contributed by atoms with van der Waals surface area (Å²) in [5.41, 5.74) is 1.90. The van der Waals surface area contributed by atoms with Crippen LogP contribution in [0.2, 0.25) is 0 Å². The van der Waals surface area contributed by atoms with Gasteiger partial charge in [-0.15, -0.1) is 0 Å². The van der Waals surface area contributed by atoms with Crippen molar-refractivity contribution >= 4 is 11.7 Å². The number of hydrogen-bond donors (Lipinski definition) is 1. The topological polar surface area (TPSA) is 38.8 Å². The van der Waals surface area contributed by atoms with Crippen molar-refractivity contribution in [2.45, 2.75) is 38.6 Å². The molecule has 0 bridgehead atoms. The Kier molecular flexibility index (Phi) is 8.38. The van der Waals surface area contributed by atoms with Crippen LogP contribution >= 0.6 is 0 Å². The summed E-state index contributed by atoms with van der Waals surface area (Å²) in [5.74, 6) is -0.129. The van der Waals surface area contributed by atoms with Gasteiger partial charge < -0.3 is 20.0 Å². The predicted molar refractivity (Wildman–Crippen MR) is 132 cm³/mol. The van der Waals surface area contributed by atoms with E-state index in [4.69, 9.17) is 0 Å². The zero-order valence-electron chi connectivity index (χ0n) is 20.1. The Morgan fingerprint density at radius 3 is 2.06 bits per heavy atom. The molecule has 2 aromatic rings. The molecule has 2 aliphatic rings. The van der Waals surface area contributed by atoms with E-state index in [1.807, 2.05) is 21.9 Å². The van der Waals surface area contributed by atoms with Gasteiger partial charge in [0.05, 0.1) is 6.04 Å². The quantitative estimate of drug-likeness (QED) is 0.508. The van der Waals surface area contributed by atoms with E-state index in [0.29, 0.717) is 5.92 Å². The van der Waals surface area contributed by atoms with Crippen LogP contribution in [0.25, 0.3) is 0 Å². The minimum absolute atomic E-state index is 0.0282. The zero-order valence-corrected chi connectivity index (χ0v) is 20.1. The maximum Gasteiger partial charge on any atom is 0.320 e. The van der Waals surface area contributed by atoms with Gasteiger partial charge in [0.2, 0.25) is 0 Å². The molecule has 34 heavy (non-hydrogen) atoms. The maximum atomic E-state index is 13.5. The van der Waals surface area contributed by atoms with Crippen molar-refractivity contribution in [3.05, 3.63) is 65.7 Å². The molecule has 0 saturated carbocycles. The first-order chi connectivity index (χ1) is 16.5. The highest BCUT2D eigenvalue weighted by molar-refractivity contribution is 5.76. The van der Waals surface area contributed by atoms with Crippen LogP contribution in [0.3, 0.4) is 0 Å². The van der Waals surface area contributed by atoms with E-state index < -0.39 is 0 Å². The van der Waals surface area contributed by atoms with Gasteiger partial charge in [-0.2, -0.15) is 0 Å². The van der Waals surface area contributed by atoms with E-state index in [2.05, 4.69) is 17.1 Å². The fourth-order valence-corrected chi connectivity index (χ4v) is 5.04. The number of unbranched alkanes of at least 4 members (excludes halogenated alkanes) is 1. The minimum Gasteiger partial charge on any atom is -0.378 e. The number of nitrogens with one attached hydrogen (secondary N) is 1. The Morgan fingerprint density at radius 1 is 0.853 bits per heavy atom. The lowest BCUT2D eigenvalue weighted by atomic mass is 9.85. The molecule has 7 heteroatoms. The van der Waals surface area contributed by atoms with Crippen LogP contribution in [0.5, 0.6) is 0 Å². The Hall–Kier alpha value is -2.67. The van der Waals surface area contributed by atoms with E-state index in [9.17, 15) is 13.6 Å². The van der Waals surface area contributed by atoms with Crippen LogP contribution in [0.1, 0.15) is 44.2 Å². The molecule has 4 rings (SSSR count). The van der Waals surface area contributed by atoms with Gasteiger partial charge in [-0.1, -0.05) is 25.5 Å². The summed E-state index contributed by atoms with van der Waals surface area (Å²) in [6.45, 7) is 8.29. The number of carbonyl (C=O) groups is 1. The number of hydrogen-bond acceptors (Lipinski definition) is 3. The van der Waals surface area contributed by atoms with Gasteiger partial charge >= 0.3 is 6.03 Å². The Balaban J connectivity index is 1.32. The number of urea groups is 1. The minimum atomic E-state index is -0.262. The van der Waals surface area contributed by atoms with Crippen LogP contribution in [0.4, 0.5) is 19.3 Å². The third-order valence-corrected chi connectivity index (χ3v) is 7.15. The van der Waals surface area contributed by atoms with E-state index >= 15 is 0 Å². The number of benzene rings is 2. The molecule has 2 amide bonds. The first-order valence-electron chi connectivity index (χ1n) is 12.6. The molecule has 2 saturated heterocycles. The summed E-state index contributed by atoms with van der Waals surface area (Å²) in [7, 11) is 0. The summed E-state index contributed by atoms with van der Waals surface area (Å²) in [5, 5.41) is 3.56. The molecule has 2 heterocycles. The molecule has 2 aromatic carbocycles. The van der Waals surface area contributed by atoms with Gasteiger partial charge in [-0.25, -0.2) is 13.6 Å². The molecule has 1 unspecified atom stereocenters. The van der Waals surface area contributed by atoms with Crippen molar-refractivity contribution in [2.75, 3.05) is 51.1 Å². The molecule has 0 aromatic heterocycles. The van der Waals surface area contributed by atoms with Crippen LogP contribution in [-0.2, 0) is 0 Å². The van der Waals surface area contributed by atoms with Crippen molar-refractivity contribution in [1.82, 2.24) is 14.7 Å². The third-order valence-electron chi connectivity index (χ3n) is 7.15. The summed E-state index contributed by atoms with van der Waals surface area (Å²) in [6, 6.07) is 13.3. The van der Waals surface area contributed by atoms with Crippen LogP contribution < -0.4 is 5.32 Å². The van der Waals surface area contributed by atoms with Crippen molar-refractivity contribution in [1.29, 1.82) is 0 Å². The summed E-state index contributed by atoms with van der Waals surface area (Å²) < 4.78 is 26.9. The average Bonchev–Trinajstić information content (AvgIpc) is 3.21. The maximum absolute atomic E-state index is 13.5. The van der Waals surface area contributed by atoms with Gasteiger partial charge in [-0.3, -0.25) is 0 Å². The highest BCUT2D eigenvalue weighted by Gasteiger charge is 2.30. The van der Waals surface area contributed by atoms with Crippen molar-refractivity contribution < 1.29 is 13.6 Å². The van der Waals surface area contributed by atoms with Gasteiger partial charge in [0.1, 0.15) is 11.6 Å². The van der Waals surface area contributed by atoms with E-state index in [1.165, 1.54) is 24.3 Å². The summed E-state index contributed by atoms with van der Waals surface area (Å²) in [6.07, 6.45) is 4.18. The molecule has 1 atom stereocenters. The summed E-state index contributed by atoms with van der Waals surface area (Å²) in [4.78, 5) is 19.0. The van der Waals surface area contributed by atoms with E-state index in [1.54, 1.807) is 12.1 Å². The number of amides is 2. The van der Waals surface area contributed by atoms with Crippen molar-refractivity contribution in [3.8, 4) is 0 Å². The Labute approximate surface area is 201 Å². The molecule has 0 aliphatic carbocycles. The van der Waals surface area contributed by atoms with E-state index in [0.717, 1.165) is 82.7 Å². The number of piperidine rings is 1. The second-order valence-electron chi connectivity index (χ2n) is 9.47. The van der Waals surface area contributed by atoms with Gasteiger partial charge in [-0.05, 0) is 80.2 Å². The fraction of sp³-hybridized carbons (Fsp3) is 0.519. The Bertz CT molecular complexity index is 913. The molecule has 0 spiro atoms. The van der Waals surface area contributed by atoms with Crippen LogP contribution in [0.15, 0.2) is 48.5 Å². The SMILES string of the molecule is CCCCN1CCN(CCN2CCC(C(Nc3ccc(F)cc3)c3ccc(F)cc3)CC2)C1=O. The van der Waals surface area contributed by atoms with Crippen molar-refractivity contribution in [3.63, 3.8) is 0 Å². The molecular weight excluding hydrogens is 434 g/mol. The van der Waals surface area contributed by atoms with Crippen LogP contribution in [-0.4, -0.2) is 66.5 Å². The second kappa shape index (κ2) is 11.6. The van der Waals surface area contributed by atoms with Crippen molar-refractivity contribution in [2.24, 2.45) is 5.92 Å². The second-order valence-corrected chi connectivity index (χ2v) is 9.47. The van der Waals surface area contributed by atoms with Crippen LogP contribution in [0, 0.1) is 17.6 Å². The number of rotatable bonds is 10. The molecule has 5 nitrogen and oxygen atoms in total. The smallest absolute Gasteiger partial charge is 0.320 e. The number of likely N-dealkylation sites (tertiary alicyclic amines) is 1. The zero-order chi connectivity index (χ0) is 23.9. The number of nitrogens with zero attached hydrogens (tertiary/aromatic N) is 3. The largest absolute Gasteiger partial charge is 0.378 e. The first kappa shape index (κ1) is 24.5. The number of halogens is 2. The lowest BCUT2D eigenvalue weighted by Gasteiger charge is -2.37. The highest BCUT2D eigenvalue weighted by Crippen LogP contribution is 2.34. The number of carbonyl (C=O) groups excluding carboxylic acids is 1. The molecule has 1 N–H and O–H groups in total. The van der Waals surface area contributed by atoms with Gasteiger partial charge in [0, 0.05) is 38.4 Å². The van der Waals surface area contributed by atoms with Gasteiger partial charge in [0.15, 0.2) is 0 Å². The predicted octanol–water partition coefficient (Wildman–Crippen LogP) is 5.37. The lowest BCUT2D eigenvalue weighted by Crippen LogP contribution is -2.42. The number of anilines is 1. The molecule has 2 fully saturated rings. The molecule has 184 valence electrons. The highest BCUT2D eigenvalue weighted by atomic mass is 19.1. The fourth-order valence-electron chi connectivity index (χ4n) is 5.04. The first-order valence-corrected chi connectivity index (χ1v) is 12.6. The normalized spacial score (nSPS) is 18.5. The summed E-state index contributed by atoms with van der Waals surface area (Å²) >= 11 is 0. The Morgan fingerprint density at radius 2 is 1.44 bits per heavy atom. The van der Waals surface area contributed by atoms with E-state index in [-0.39, 0.29) is 23.7 Å². The molecule has 2 aliphatic heterocycles. The molecule has 0 radical (unpaired) electrons. The lowest BCUT2D eigenvalue weighted by molar-refractivity contribution is 0.152. The average molecular weight is 471 g/mol. The molecular formula is C27H36F2N4O.